The second-order valence-corrected chi connectivity index (χ2v) is 8.27. The number of aromatic nitrogens is 4. The second kappa shape index (κ2) is 8.05. The number of fused-ring (bicyclic) bond motifs is 1. The Kier molecular flexibility index (Phi) is 5.07. The van der Waals surface area contributed by atoms with Gasteiger partial charge < -0.3 is 4.74 Å². The zero-order chi connectivity index (χ0) is 22.1. The van der Waals surface area contributed by atoms with E-state index >= 15 is 0 Å². The van der Waals surface area contributed by atoms with E-state index in [1.54, 1.807) is 5.48 Å². The first-order valence-electron chi connectivity index (χ1n) is 10.5. The average molecular weight is 429 g/mol. The van der Waals surface area contributed by atoms with Crippen molar-refractivity contribution in [3.63, 3.8) is 0 Å². The lowest BCUT2D eigenvalue weighted by atomic mass is 9.92. The Morgan fingerprint density at radius 3 is 2.81 bits per heavy atom. The number of hydrogen-bond acceptors (Lipinski definition) is 6. The molecule has 0 radical (unpaired) electrons. The van der Waals surface area contributed by atoms with Gasteiger partial charge in [0, 0.05) is 22.1 Å². The molecule has 0 saturated heterocycles. The van der Waals surface area contributed by atoms with Crippen LogP contribution in [-0.2, 0) is 23.2 Å². The number of carbonyl (C=O) groups is 1. The Bertz CT molecular complexity index is 1260. The van der Waals surface area contributed by atoms with Gasteiger partial charge in [-0.2, -0.15) is 5.10 Å². The molecule has 0 bridgehead atoms. The lowest BCUT2D eigenvalue weighted by molar-refractivity contribution is -0.131. The first-order chi connectivity index (χ1) is 15.6. The maximum Gasteiger partial charge on any atom is 0.247 e. The van der Waals surface area contributed by atoms with Crippen molar-refractivity contribution in [2.24, 2.45) is 5.92 Å². The first-order valence-corrected chi connectivity index (χ1v) is 10.5. The Balaban J connectivity index is 1.30. The van der Waals surface area contributed by atoms with E-state index < -0.39 is 11.3 Å². The molecule has 3 N–H and O–H groups in total. The monoisotopic (exact) mass is 429 g/mol. The molecule has 1 amide bonds. The molecule has 4 aromatic rings. The number of pyridine rings is 1. The summed E-state index contributed by atoms with van der Waals surface area (Å²) in [5.41, 5.74) is 5.34. The van der Waals surface area contributed by atoms with E-state index in [-0.39, 0.29) is 5.92 Å². The molecule has 8 heteroatoms. The fraction of sp³-hybridized carbons (Fsp3) is 0.250. The molecule has 2 atom stereocenters. The first kappa shape index (κ1) is 20.1. The van der Waals surface area contributed by atoms with Crippen molar-refractivity contribution >= 4 is 16.8 Å². The molecule has 8 nitrogen and oxygen atoms in total. The number of nitrogens with one attached hydrogen (secondary N) is 2. The average Bonchev–Trinajstić information content (AvgIpc) is 3.26. The second-order valence-electron chi connectivity index (χ2n) is 8.27. The van der Waals surface area contributed by atoms with Crippen LogP contribution in [0.1, 0.15) is 29.1 Å². The third kappa shape index (κ3) is 3.69. The predicted octanol–water partition coefficient (Wildman–Crippen LogP) is 3.25. The number of carbonyl (C=O) groups excluding carboxylic acids is 1. The van der Waals surface area contributed by atoms with Crippen LogP contribution < -0.4 is 10.2 Å². The van der Waals surface area contributed by atoms with Crippen molar-refractivity contribution < 1.29 is 14.7 Å². The van der Waals surface area contributed by atoms with E-state index in [1.807, 2.05) is 49.4 Å². The van der Waals surface area contributed by atoms with Gasteiger partial charge in [0.15, 0.2) is 0 Å². The number of H-pyrrole nitrogens is 1. The quantitative estimate of drug-likeness (QED) is 0.307. The van der Waals surface area contributed by atoms with Gasteiger partial charge in [0.25, 0.3) is 0 Å². The topological polar surface area (TPSA) is 113 Å². The van der Waals surface area contributed by atoms with Crippen molar-refractivity contribution in [3.05, 3.63) is 83.6 Å². The molecule has 1 aliphatic carbocycles. The summed E-state index contributed by atoms with van der Waals surface area (Å²) < 4.78 is 6.05. The molecule has 0 aliphatic heterocycles. The Labute approximate surface area is 184 Å². The van der Waals surface area contributed by atoms with Gasteiger partial charge in [-0.3, -0.25) is 20.1 Å². The number of amides is 1. The van der Waals surface area contributed by atoms with Gasteiger partial charge in [-0.05, 0) is 49.6 Å². The van der Waals surface area contributed by atoms with Crippen molar-refractivity contribution in [1.82, 2.24) is 25.6 Å². The molecule has 162 valence electrons. The SMILES string of the molecule is Cc1cc(COc2ccc(C[C@]3(c4ncn[nH]4)C[C@@H]3C(=O)NO)cc2)c2ccccc2n1. The fourth-order valence-electron chi connectivity index (χ4n) is 4.46. The number of ether oxygens (including phenoxy) is 1. The smallest absolute Gasteiger partial charge is 0.247 e. The van der Waals surface area contributed by atoms with Crippen LogP contribution in [0.15, 0.2) is 60.9 Å². The normalized spacial score (nSPS) is 19.6. The fourth-order valence-corrected chi connectivity index (χ4v) is 4.46. The van der Waals surface area contributed by atoms with Crippen LogP contribution in [0, 0.1) is 12.8 Å². The lowest BCUT2D eigenvalue weighted by Gasteiger charge is -2.15. The Morgan fingerprint density at radius 2 is 2.06 bits per heavy atom. The minimum absolute atomic E-state index is 0.348. The summed E-state index contributed by atoms with van der Waals surface area (Å²) in [5, 5.41) is 17.0. The van der Waals surface area contributed by atoms with Crippen molar-refractivity contribution in [2.75, 3.05) is 0 Å². The van der Waals surface area contributed by atoms with Crippen LogP contribution in [0.3, 0.4) is 0 Å². The van der Waals surface area contributed by atoms with Gasteiger partial charge in [0.05, 0.1) is 11.4 Å². The van der Waals surface area contributed by atoms with Gasteiger partial charge in [-0.15, -0.1) is 0 Å². The standard InChI is InChI=1S/C24H23N5O3/c1-15-10-17(19-4-2-3-5-21(19)27-15)13-32-18-8-6-16(7-9-18)11-24(23-25-14-26-28-23)12-20(24)22(30)29-31/h2-10,14,20,31H,11-13H2,1H3,(H,29,30)(H,25,26,28)/t20-,24+/m1/s1. The number of aryl methyl sites for hydroxylation is 1. The van der Waals surface area contributed by atoms with Crippen LogP contribution >= 0.6 is 0 Å². The highest BCUT2D eigenvalue weighted by molar-refractivity contribution is 5.83. The molecule has 0 unspecified atom stereocenters. The maximum absolute atomic E-state index is 12.0. The zero-order valence-electron chi connectivity index (χ0n) is 17.6. The Morgan fingerprint density at radius 1 is 1.25 bits per heavy atom. The van der Waals surface area contributed by atoms with Crippen LogP contribution in [0.4, 0.5) is 0 Å². The summed E-state index contributed by atoms with van der Waals surface area (Å²) in [7, 11) is 0. The summed E-state index contributed by atoms with van der Waals surface area (Å²) >= 11 is 0. The van der Waals surface area contributed by atoms with E-state index in [1.165, 1.54) is 6.33 Å². The molecular weight excluding hydrogens is 406 g/mol. The van der Waals surface area contributed by atoms with E-state index in [4.69, 9.17) is 9.94 Å². The van der Waals surface area contributed by atoms with E-state index in [2.05, 4.69) is 32.3 Å². The molecule has 5 rings (SSSR count). The number of nitrogens with zero attached hydrogens (tertiary/aromatic N) is 3. The highest BCUT2D eigenvalue weighted by Crippen LogP contribution is 2.55. The van der Waals surface area contributed by atoms with Crippen LogP contribution in [0.5, 0.6) is 5.75 Å². The minimum atomic E-state index is -0.487. The molecule has 0 spiro atoms. The molecule has 1 aliphatic rings. The number of rotatable bonds is 7. The zero-order valence-corrected chi connectivity index (χ0v) is 17.6. The summed E-state index contributed by atoms with van der Waals surface area (Å²) in [4.78, 5) is 20.9. The number of hydrogen-bond donors (Lipinski definition) is 3. The van der Waals surface area contributed by atoms with Crippen molar-refractivity contribution in [3.8, 4) is 5.75 Å². The largest absolute Gasteiger partial charge is 0.489 e. The van der Waals surface area contributed by atoms with Gasteiger partial charge in [0.1, 0.15) is 24.5 Å². The third-order valence-electron chi connectivity index (χ3n) is 6.16. The van der Waals surface area contributed by atoms with E-state index in [0.717, 1.165) is 33.5 Å². The summed E-state index contributed by atoms with van der Waals surface area (Å²) in [6.07, 6.45) is 2.64. The van der Waals surface area contributed by atoms with Crippen molar-refractivity contribution in [1.29, 1.82) is 0 Å². The maximum atomic E-state index is 12.0. The summed E-state index contributed by atoms with van der Waals surface area (Å²) in [5.74, 6) is 0.675. The molecular formula is C24H23N5O3. The van der Waals surface area contributed by atoms with Gasteiger partial charge in [-0.1, -0.05) is 30.3 Å². The molecule has 1 fully saturated rings. The highest BCUT2D eigenvalue weighted by Gasteiger charge is 2.61. The minimum Gasteiger partial charge on any atom is -0.489 e. The van der Waals surface area contributed by atoms with Gasteiger partial charge in [-0.25, -0.2) is 10.5 Å². The van der Waals surface area contributed by atoms with Crippen LogP contribution in [-0.4, -0.2) is 31.3 Å². The highest BCUT2D eigenvalue weighted by atomic mass is 16.5. The molecule has 2 aromatic heterocycles. The molecule has 2 heterocycles. The number of aromatic amines is 1. The van der Waals surface area contributed by atoms with Crippen molar-refractivity contribution in [2.45, 2.75) is 31.8 Å². The number of para-hydroxylation sites is 1. The number of benzene rings is 2. The molecule has 1 saturated carbocycles. The van der Waals surface area contributed by atoms with Gasteiger partial charge in [0.2, 0.25) is 5.91 Å². The van der Waals surface area contributed by atoms with E-state index in [9.17, 15) is 4.79 Å². The molecule has 2 aromatic carbocycles. The third-order valence-corrected chi connectivity index (χ3v) is 6.16. The summed E-state index contributed by atoms with van der Waals surface area (Å²) in [6.45, 7) is 2.43. The Hall–Kier alpha value is -3.78. The van der Waals surface area contributed by atoms with Crippen LogP contribution in [0.25, 0.3) is 10.9 Å². The predicted molar refractivity (Wildman–Crippen MR) is 117 cm³/mol. The van der Waals surface area contributed by atoms with Gasteiger partial charge >= 0.3 is 0 Å². The number of hydroxylamine groups is 1. The van der Waals surface area contributed by atoms with Crippen LogP contribution in [0.2, 0.25) is 0 Å². The lowest BCUT2D eigenvalue weighted by Crippen LogP contribution is -2.27. The van der Waals surface area contributed by atoms with E-state index in [0.29, 0.717) is 25.3 Å². The summed E-state index contributed by atoms with van der Waals surface area (Å²) in [6, 6.07) is 18.0. The molecule has 32 heavy (non-hydrogen) atoms.